The fourth-order valence-corrected chi connectivity index (χ4v) is 7.85. The quantitative estimate of drug-likeness (QED) is 0.573. The number of carbonyl (C=O) groups is 2. The van der Waals surface area contributed by atoms with E-state index < -0.39 is 5.60 Å². The van der Waals surface area contributed by atoms with Gasteiger partial charge in [-0.2, -0.15) is 0 Å². The predicted molar refractivity (Wildman–Crippen MR) is 92.9 cm³/mol. The minimum Gasteiger partial charge on any atom is -0.432 e. The monoisotopic (exact) mass is 362 g/mol. The van der Waals surface area contributed by atoms with Crippen molar-refractivity contribution in [2.24, 2.45) is 28.6 Å². The highest BCUT2D eigenvalue weighted by atomic mass is 16.8. The highest BCUT2D eigenvalue weighted by Gasteiger charge is 2.76. The van der Waals surface area contributed by atoms with E-state index >= 15 is 0 Å². The summed E-state index contributed by atoms with van der Waals surface area (Å²) in [6.45, 7) is 6.00. The van der Waals surface area contributed by atoms with Crippen LogP contribution in [0.25, 0.3) is 0 Å². The van der Waals surface area contributed by atoms with Crippen molar-refractivity contribution in [3.8, 4) is 0 Å². The van der Waals surface area contributed by atoms with E-state index in [4.69, 9.17) is 9.47 Å². The number of ether oxygens (including phenoxy) is 2. The maximum absolute atomic E-state index is 12.3. The third kappa shape index (κ3) is 1.75. The molecule has 2 heterocycles. The van der Waals surface area contributed by atoms with E-state index in [9.17, 15) is 14.7 Å². The largest absolute Gasteiger partial charge is 0.432 e. The van der Waals surface area contributed by atoms with Gasteiger partial charge in [-0.15, -0.1) is 0 Å². The number of hydrogen-bond donors (Lipinski definition) is 1. The Morgan fingerprint density at radius 2 is 1.73 bits per heavy atom. The van der Waals surface area contributed by atoms with Crippen molar-refractivity contribution in [2.75, 3.05) is 0 Å². The molecule has 5 fully saturated rings. The third-order valence-electron chi connectivity index (χ3n) is 9.53. The van der Waals surface area contributed by atoms with Crippen molar-refractivity contribution < 1.29 is 24.2 Å². The first-order chi connectivity index (χ1) is 12.2. The molecule has 8 atom stereocenters. The number of carbonyl (C=O) groups excluding carboxylic acids is 2. The molecular formula is C21H30O5. The van der Waals surface area contributed by atoms with Crippen LogP contribution in [0.5, 0.6) is 0 Å². The number of fused-ring (bicyclic) bond motifs is 4. The van der Waals surface area contributed by atoms with Crippen molar-refractivity contribution in [2.45, 2.75) is 89.6 Å². The van der Waals surface area contributed by atoms with E-state index in [0.29, 0.717) is 30.6 Å². The van der Waals surface area contributed by atoms with Crippen LogP contribution in [0.2, 0.25) is 0 Å². The Balaban J connectivity index is 1.51. The summed E-state index contributed by atoms with van der Waals surface area (Å²) >= 11 is 0. The van der Waals surface area contributed by atoms with Crippen molar-refractivity contribution in [1.29, 1.82) is 0 Å². The van der Waals surface area contributed by atoms with Gasteiger partial charge in [-0.1, -0.05) is 13.8 Å². The smallest absolute Gasteiger partial charge is 0.308 e. The molecular weight excluding hydrogens is 332 g/mol. The number of ketones is 1. The van der Waals surface area contributed by atoms with Gasteiger partial charge in [0.25, 0.3) is 0 Å². The zero-order valence-electron chi connectivity index (χ0n) is 16.0. The SMILES string of the molecule is CC(=O)[C@@]1(O)CC[C@H]2[C@@H]3CC[C@@]45O[C@@H]4OC(=O)CC[C@]5(C)[C@H]3CC[C@@]21C. The van der Waals surface area contributed by atoms with Gasteiger partial charge in [0.2, 0.25) is 6.29 Å². The average molecular weight is 362 g/mol. The average Bonchev–Trinajstić information content (AvgIpc) is 3.22. The molecule has 0 aromatic heterocycles. The van der Waals surface area contributed by atoms with Crippen LogP contribution in [-0.4, -0.2) is 34.4 Å². The highest BCUT2D eigenvalue weighted by molar-refractivity contribution is 5.86. The molecule has 0 radical (unpaired) electrons. The Hall–Kier alpha value is -0.940. The second kappa shape index (κ2) is 4.91. The van der Waals surface area contributed by atoms with Crippen LogP contribution < -0.4 is 0 Å². The van der Waals surface area contributed by atoms with Crippen LogP contribution in [0.4, 0.5) is 0 Å². The topological polar surface area (TPSA) is 76.1 Å². The first-order valence-corrected chi connectivity index (χ1v) is 10.3. The maximum atomic E-state index is 12.3. The van der Waals surface area contributed by atoms with E-state index in [0.717, 1.165) is 38.5 Å². The van der Waals surface area contributed by atoms with E-state index in [2.05, 4.69) is 13.8 Å². The second-order valence-corrected chi connectivity index (χ2v) is 10.1. The predicted octanol–water partition coefficient (Wildman–Crippen LogP) is 2.98. The molecule has 0 amide bonds. The number of aliphatic hydroxyl groups is 1. The van der Waals surface area contributed by atoms with Crippen LogP contribution in [0.15, 0.2) is 0 Å². The molecule has 1 spiro atoms. The van der Waals surface area contributed by atoms with E-state index in [-0.39, 0.29) is 34.5 Å². The molecule has 3 aliphatic carbocycles. The van der Waals surface area contributed by atoms with Crippen LogP contribution in [0.1, 0.15) is 72.1 Å². The van der Waals surface area contributed by atoms with Crippen LogP contribution in [0.3, 0.4) is 0 Å². The van der Waals surface area contributed by atoms with Crippen molar-refractivity contribution in [3.05, 3.63) is 0 Å². The molecule has 0 bridgehead atoms. The molecule has 5 heteroatoms. The minimum atomic E-state index is -1.17. The zero-order chi connectivity index (χ0) is 18.5. The van der Waals surface area contributed by atoms with Crippen LogP contribution in [-0.2, 0) is 19.1 Å². The molecule has 26 heavy (non-hydrogen) atoms. The second-order valence-electron chi connectivity index (χ2n) is 10.1. The van der Waals surface area contributed by atoms with E-state index in [1.807, 2.05) is 0 Å². The first kappa shape index (κ1) is 17.2. The van der Waals surface area contributed by atoms with Crippen LogP contribution >= 0.6 is 0 Å². The molecule has 0 unspecified atom stereocenters. The maximum Gasteiger partial charge on any atom is 0.308 e. The lowest BCUT2D eigenvalue weighted by Gasteiger charge is -2.58. The molecule has 5 rings (SSSR count). The fourth-order valence-electron chi connectivity index (χ4n) is 7.85. The molecule has 1 N–H and O–H groups in total. The zero-order valence-corrected chi connectivity index (χ0v) is 16.0. The van der Waals surface area contributed by atoms with Gasteiger partial charge in [-0.05, 0) is 69.6 Å². The van der Waals surface area contributed by atoms with Gasteiger partial charge in [-0.3, -0.25) is 9.59 Å². The van der Waals surface area contributed by atoms with Gasteiger partial charge in [0, 0.05) is 17.3 Å². The minimum absolute atomic E-state index is 0.0506. The first-order valence-electron chi connectivity index (χ1n) is 10.3. The molecule has 2 saturated heterocycles. The fraction of sp³-hybridized carbons (Fsp3) is 0.905. The number of Topliss-reactive ketones (excluding diaryl/α,β-unsaturated/α-hetero) is 1. The summed E-state index contributed by atoms with van der Waals surface area (Å²) < 4.78 is 11.6. The van der Waals surface area contributed by atoms with Gasteiger partial charge >= 0.3 is 5.97 Å². The van der Waals surface area contributed by atoms with Gasteiger partial charge in [0.05, 0.1) is 0 Å². The lowest BCUT2D eigenvalue weighted by atomic mass is 9.45. The molecule has 0 aromatic carbocycles. The van der Waals surface area contributed by atoms with Crippen LogP contribution in [0, 0.1) is 28.6 Å². The van der Waals surface area contributed by atoms with Gasteiger partial charge < -0.3 is 14.6 Å². The third-order valence-corrected chi connectivity index (χ3v) is 9.53. The van der Waals surface area contributed by atoms with Crippen molar-refractivity contribution in [1.82, 2.24) is 0 Å². The summed E-state index contributed by atoms with van der Waals surface area (Å²) in [5.41, 5.74) is -1.82. The summed E-state index contributed by atoms with van der Waals surface area (Å²) in [6, 6.07) is 0. The summed E-state index contributed by atoms with van der Waals surface area (Å²) in [4.78, 5) is 24.3. The number of epoxide rings is 1. The Morgan fingerprint density at radius 3 is 2.46 bits per heavy atom. The molecule has 3 saturated carbocycles. The molecule has 5 nitrogen and oxygen atoms in total. The molecule has 0 aromatic rings. The van der Waals surface area contributed by atoms with E-state index in [1.165, 1.54) is 0 Å². The summed E-state index contributed by atoms with van der Waals surface area (Å²) in [6.07, 6.45) is 6.30. The van der Waals surface area contributed by atoms with Gasteiger partial charge in [0.1, 0.15) is 11.2 Å². The van der Waals surface area contributed by atoms with Gasteiger partial charge in [0.15, 0.2) is 5.78 Å². The molecule has 2 aliphatic heterocycles. The normalized spacial score (nSPS) is 57.8. The van der Waals surface area contributed by atoms with Gasteiger partial charge in [-0.25, -0.2) is 0 Å². The summed E-state index contributed by atoms with van der Waals surface area (Å²) in [5.74, 6) is 1.14. The van der Waals surface area contributed by atoms with E-state index in [1.54, 1.807) is 6.92 Å². The lowest BCUT2D eigenvalue weighted by molar-refractivity contribution is -0.167. The van der Waals surface area contributed by atoms with Crippen molar-refractivity contribution >= 4 is 11.8 Å². The Kier molecular flexibility index (Phi) is 3.24. The number of hydrogen-bond acceptors (Lipinski definition) is 5. The summed E-state index contributed by atoms with van der Waals surface area (Å²) in [5, 5.41) is 11.2. The highest BCUT2D eigenvalue weighted by Crippen LogP contribution is 2.72. The Labute approximate surface area is 154 Å². The lowest BCUT2D eigenvalue weighted by Crippen LogP contribution is -2.59. The number of esters is 1. The molecule has 5 aliphatic rings. The number of rotatable bonds is 1. The Morgan fingerprint density at radius 1 is 1.04 bits per heavy atom. The standard InChI is InChI=1S/C21H30O5/c1-12(22)20(24)10-6-14-13-4-11-21-17(26-21)25-16(23)7-9-19(21,3)15(13)5-8-18(14,20)2/h13-15,17,24H,4-11H2,1-3H3/t13-,14-,15-,17-,18-,19+,20-,21+/m0/s1. The Bertz CT molecular complexity index is 690. The molecule has 144 valence electrons. The summed E-state index contributed by atoms with van der Waals surface area (Å²) in [7, 11) is 0. The van der Waals surface area contributed by atoms with Crippen molar-refractivity contribution in [3.63, 3.8) is 0 Å².